The molecule has 1 fully saturated rings. The van der Waals surface area contributed by atoms with Crippen LogP contribution in [0.4, 0.5) is 28.8 Å². The molecule has 0 bridgehead atoms. The van der Waals surface area contributed by atoms with Crippen LogP contribution in [0.3, 0.4) is 0 Å². The number of halogens is 1. The van der Waals surface area contributed by atoms with E-state index in [1.54, 1.807) is 20.4 Å². The van der Waals surface area contributed by atoms with Crippen molar-refractivity contribution in [3.05, 3.63) is 53.7 Å². The molecule has 0 spiro atoms. The third-order valence-electron chi connectivity index (χ3n) is 5.38. The predicted molar refractivity (Wildman–Crippen MR) is 129 cm³/mol. The van der Waals surface area contributed by atoms with E-state index in [1.807, 2.05) is 30.3 Å². The van der Waals surface area contributed by atoms with Gasteiger partial charge in [-0.1, -0.05) is 11.6 Å². The molecule has 1 saturated heterocycles. The summed E-state index contributed by atoms with van der Waals surface area (Å²) in [5.41, 5.74) is 2.89. The van der Waals surface area contributed by atoms with E-state index in [1.165, 1.54) is 5.69 Å². The van der Waals surface area contributed by atoms with Crippen molar-refractivity contribution >= 4 is 40.4 Å². The summed E-state index contributed by atoms with van der Waals surface area (Å²) in [6.07, 6.45) is 1.57. The van der Waals surface area contributed by atoms with E-state index in [0.29, 0.717) is 28.3 Å². The molecular formula is C23H27ClN6O2. The van der Waals surface area contributed by atoms with Crippen LogP contribution in [0.5, 0.6) is 11.5 Å². The Morgan fingerprint density at radius 2 is 1.56 bits per heavy atom. The number of methoxy groups -OCH3 is 2. The molecule has 9 heteroatoms. The lowest BCUT2D eigenvalue weighted by Crippen LogP contribution is -2.44. The molecule has 4 rings (SSSR count). The van der Waals surface area contributed by atoms with E-state index in [2.05, 4.69) is 49.6 Å². The molecule has 168 valence electrons. The van der Waals surface area contributed by atoms with Gasteiger partial charge in [0.05, 0.1) is 20.4 Å². The summed E-state index contributed by atoms with van der Waals surface area (Å²) in [4.78, 5) is 13.6. The van der Waals surface area contributed by atoms with Crippen molar-refractivity contribution in [2.24, 2.45) is 0 Å². The summed E-state index contributed by atoms with van der Waals surface area (Å²) in [5, 5.41) is 6.87. The Morgan fingerprint density at radius 1 is 0.875 bits per heavy atom. The summed E-state index contributed by atoms with van der Waals surface area (Å²) in [7, 11) is 5.35. The highest BCUT2D eigenvalue weighted by Gasteiger charge is 2.14. The second-order valence-corrected chi connectivity index (χ2v) is 7.95. The summed E-state index contributed by atoms with van der Waals surface area (Å²) < 4.78 is 10.6. The molecule has 0 atom stereocenters. The number of hydrogen-bond acceptors (Lipinski definition) is 8. The van der Waals surface area contributed by atoms with E-state index in [0.717, 1.165) is 37.6 Å². The molecule has 1 aliphatic rings. The van der Waals surface area contributed by atoms with Crippen LogP contribution in [0.25, 0.3) is 0 Å². The molecule has 1 aliphatic heterocycles. The third kappa shape index (κ3) is 5.15. The number of nitrogens with zero attached hydrogens (tertiary/aromatic N) is 4. The van der Waals surface area contributed by atoms with Crippen molar-refractivity contribution in [3.63, 3.8) is 0 Å². The Bertz CT molecular complexity index is 1050. The minimum Gasteiger partial charge on any atom is -0.493 e. The molecule has 0 saturated carbocycles. The summed E-state index contributed by atoms with van der Waals surface area (Å²) in [6.45, 7) is 4.23. The number of hydrogen-bond donors (Lipinski definition) is 2. The van der Waals surface area contributed by atoms with Crippen molar-refractivity contribution in [1.82, 2.24) is 14.9 Å². The fourth-order valence-electron chi connectivity index (χ4n) is 3.52. The Morgan fingerprint density at radius 3 is 2.25 bits per heavy atom. The highest BCUT2D eigenvalue weighted by molar-refractivity contribution is 6.32. The van der Waals surface area contributed by atoms with Gasteiger partial charge in [0, 0.05) is 49.3 Å². The zero-order valence-electron chi connectivity index (χ0n) is 18.4. The molecule has 3 aromatic rings. The first kappa shape index (κ1) is 22.0. The monoisotopic (exact) mass is 454 g/mol. The second kappa shape index (κ2) is 9.93. The number of likely N-dealkylation sites (N-methyl/N-ethyl adjacent to an activating group) is 1. The number of anilines is 5. The van der Waals surface area contributed by atoms with Gasteiger partial charge >= 0.3 is 0 Å². The molecule has 0 unspecified atom stereocenters. The van der Waals surface area contributed by atoms with Gasteiger partial charge in [-0.05, 0) is 43.4 Å². The van der Waals surface area contributed by atoms with Gasteiger partial charge in [0.2, 0.25) is 5.95 Å². The van der Waals surface area contributed by atoms with Gasteiger partial charge in [-0.15, -0.1) is 0 Å². The molecular weight excluding hydrogens is 428 g/mol. The van der Waals surface area contributed by atoms with E-state index in [9.17, 15) is 0 Å². The molecule has 0 amide bonds. The van der Waals surface area contributed by atoms with Crippen molar-refractivity contribution in [3.8, 4) is 11.5 Å². The maximum atomic E-state index is 6.32. The zero-order chi connectivity index (χ0) is 22.5. The second-order valence-electron chi connectivity index (χ2n) is 7.55. The average Bonchev–Trinajstić information content (AvgIpc) is 2.82. The number of aromatic nitrogens is 2. The molecule has 1 aromatic heterocycles. The lowest BCUT2D eigenvalue weighted by Gasteiger charge is -2.34. The lowest BCUT2D eigenvalue weighted by molar-refractivity contribution is 0.313. The average molecular weight is 455 g/mol. The zero-order valence-corrected chi connectivity index (χ0v) is 19.2. The van der Waals surface area contributed by atoms with Gasteiger partial charge < -0.3 is 29.9 Å². The van der Waals surface area contributed by atoms with E-state index in [4.69, 9.17) is 21.1 Å². The van der Waals surface area contributed by atoms with E-state index >= 15 is 0 Å². The van der Waals surface area contributed by atoms with Crippen molar-refractivity contribution in [2.45, 2.75) is 0 Å². The van der Waals surface area contributed by atoms with Crippen LogP contribution in [0.2, 0.25) is 5.02 Å². The Kier molecular flexibility index (Phi) is 6.82. The van der Waals surface area contributed by atoms with Gasteiger partial charge in [-0.25, -0.2) is 4.98 Å². The summed E-state index contributed by atoms with van der Waals surface area (Å²) >= 11 is 6.32. The smallest absolute Gasteiger partial charge is 0.229 e. The molecule has 2 heterocycles. The van der Waals surface area contributed by atoms with Crippen LogP contribution in [0.15, 0.2) is 48.7 Å². The van der Waals surface area contributed by atoms with Crippen LogP contribution in [0.1, 0.15) is 0 Å². The molecule has 2 N–H and O–H groups in total. The van der Waals surface area contributed by atoms with Gasteiger partial charge in [-0.2, -0.15) is 4.98 Å². The van der Waals surface area contributed by atoms with Crippen molar-refractivity contribution in [1.29, 1.82) is 0 Å². The minimum atomic E-state index is 0.413. The standard InChI is InChI=1S/C23H27ClN6O2/c1-29-10-12-30(13-11-29)18-7-4-16(5-8-18)27-23-25-15-19(24)22(28-23)26-17-6-9-20(31-2)21(14-17)32-3/h4-9,14-15H,10-13H2,1-3H3,(H2,25,26,27,28). The van der Waals surface area contributed by atoms with Gasteiger partial charge in [-0.3, -0.25) is 0 Å². The quantitative estimate of drug-likeness (QED) is 0.544. The largest absolute Gasteiger partial charge is 0.493 e. The Hall–Kier alpha value is -3.23. The molecule has 0 radical (unpaired) electrons. The maximum absolute atomic E-state index is 6.32. The molecule has 8 nitrogen and oxygen atoms in total. The van der Waals surface area contributed by atoms with Crippen LogP contribution < -0.4 is 25.0 Å². The first-order valence-electron chi connectivity index (χ1n) is 10.4. The Labute approximate surface area is 193 Å². The molecule has 32 heavy (non-hydrogen) atoms. The summed E-state index contributed by atoms with van der Waals surface area (Å²) in [6, 6.07) is 13.8. The van der Waals surface area contributed by atoms with E-state index in [-0.39, 0.29) is 0 Å². The van der Waals surface area contributed by atoms with Gasteiger partial charge in [0.1, 0.15) is 5.02 Å². The first-order chi connectivity index (χ1) is 15.6. The summed E-state index contributed by atoms with van der Waals surface area (Å²) in [5.74, 6) is 2.20. The van der Waals surface area contributed by atoms with Crippen LogP contribution in [-0.4, -0.2) is 62.3 Å². The SMILES string of the molecule is COc1ccc(Nc2nc(Nc3ccc(N4CCN(C)CC4)cc3)ncc2Cl)cc1OC. The number of benzene rings is 2. The van der Waals surface area contributed by atoms with Gasteiger partial charge in [0.25, 0.3) is 0 Å². The fraction of sp³-hybridized carbons (Fsp3) is 0.304. The van der Waals surface area contributed by atoms with Crippen molar-refractivity contribution < 1.29 is 9.47 Å². The minimum absolute atomic E-state index is 0.413. The van der Waals surface area contributed by atoms with Crippen LogP contribution >= 0.6 is 11.6 Å². The topological polar surface area (TPSA) is 74.8 Å². The highest BCUT2D eigenvalue weighted by Crippen LogP contribution is 2.32. The molecule has 2 aromatic carbocycles. The number of ether oxygens (including phenoxy) is 2. The van der Waals surface area contributed by atoms with E-state index < -0.39 is 0 Å². The number of nitrogens with one attached hydrogen (secondary N) is 2. The van der Waals surface area contributed by atoms with Crippen molar-refractivity contribution in [2.75, 3.05) is 63.0 Å². The maximum Gasteiger partial charge on any atom is 0.229 e. The lowest BCUT2D eigenvalue weighted by atomic mass is 10.2. The van der Waals surface area contributed by atoms with Crippen LogP contribution in [0, 0.1) is 0 Å². The number of rotatable bonds is 7. The first-order valence-corrected chi connectivity index (χ1v) is 10.8. The Balaban J connectivity index is 1.46. The highest BCUT2D eigenvalue weighted by atomic mass is 35.5. The molecule has 0 aliphatic carbocycles. The normalized spacial score (nSPS) is 14.2. The fourth-order valence-corrected chi connectivity index (χ4v) is 3.65. The van der Waals surface area contributed by atoms with Crippen LogP contribution in [-0.2, 0) is 0 Å². The predicted octanol–water partition coefficient (Wildman–Crippen LogP) is 4.39. The number of piperazine rings is 1. The van der Waals surface area contributed by atoms with Gasteiger partial charge in [0.15, 0.2) is 17.3 Å². The third-order valence-corrected chi connectivity index (χ3v) is 5.66.